The number of nitrogens with one attached hydrogen (secondary N) is 1. The molecule has 53 heavy (non-hydrogen) atoms. The fourth-order valence-corrected chi connectivity index (χ4v) is 6.80. The summed E-state index contributed by atoms with van der Waals surface area (Å²) in [5.41, 5.74) is 0. The molecule has 0 aromatic heterocycles. The van der Waals surface area contributed by atoms with Gasteiger partial charge in [0.25, 0.3) is 0 Å². The molecule has 0 aromatic rings. The lowest BCUT2D eigenvalue weighted by Crippen LogP contribution is -2.45. The molecule has 0 saturated carbocycles. The van der Waals surface area contributed by atoms with Gasteiger partial charge >= 0.3 is 0 Å². The Labute approximate surface area is 329 Å². The van der Waals surface area contributed by atoms with E-state index >= 15 is 0 Å². The van der Waals surface area contributed by atoms with E-state index in [1.807, 2.05) is 6.08 Å². The second kappa shape index (κ2) is 43.0. The van der Waals surface area contributed by atoms with Crippen LogP contribution < -0.4 is 5.32 Å². The zero-order chi connectivity index (χ0) is 38.7. The van der Waals surface area contributed by atoms with Crippen LogP contribution in [0.3, 0.4) is 0 Å². The lowest BCUT2D eigenvalue weighted by molar-refractivity contribution is -0.124. The van der Waals surface area contributed by atoms with Gasteiger partial charge in [-0.15, -0.1) is 0 Å². The molecule has 0 heterocycles. The third kappa shape index (κ3) is 39.8. The highest BCUT2D eigenvalue weighted by molar-refractivity contribution is 5.76. The molecule has 3 atom stereocenters. The van der Waals surface area contributed by atoms with E-state index in [-0.39, 0.29) is 18.9 Å². The number of aliphatic hydroxyl groups excluding tert-OH is 3. The molecule has 0 fully saturated rings. The minimum atomic E-state index is -0.956. The van der Waals surface area contributed by atoms with Crippen molar-refractivity contribution in [2.45, 2.75) is 244 Å². The molecule has 0 aliphatic heterocycles. The SMILES string of the molecule is CCCCCCCCCCC/C=C\C/C=C\CCCCCCCC(O)CC(=O)NC(CO)C(O)/C=C/CC/C=C/CCCCCCCCCCCCC. The van der Waals surface area contributed by atoms with Crippen LogP contribution in [0.15, 0.2) is 48.6 Å². The Hall–Kier alpha value is -1.69. The van der Waals surface area contributed by atoms with Gasteiger partial charge in [-0.05, 0) is 64.2 Å². The van der Waals surface area contributed by atoms with Crippen molar-refractivity contribution in [2.24, 2.45) is 0 Å². The third-order valence-electron chi connectivity index (χ3n) is 10.3. The quantitative estimate of drug-likeness (QED) is 0.0371. The van der Waals surface area contributed by atoms with Crippen molar-refractivity contribution in [2.75, 3.05) is 6.61 Å². The average molecular weight is 744 g/mol. The normalized spacial score (nSPS) is 14.0. The number of carbonyl (C=O) groups excluding carboxylic acids is 1. The van der Waals surface area contributed by atoms with Gasteiger partial charge in [-0.1, -0.05) is 204 Å². The summed E-state index contributed by atoms with van der Waals surface area (Å²) in [4.78, 5) is 12.4. The van der Waals surface area contributed by atoms with Crippen molar-refractivity contribution in [3.05, 3.63) is 48.6 Å². The topological polar surface area (TPSA) is 89.8 Å². The molecule has 0 bridgehead atoms. The third-order valence-corrected chi connectivity index (χ3v) is 10.3. The van der Waals surface area contributed by atoms with Gasteiger partial charge in [-0.2, -0.15) is 0 Å². The number of unbranched alkanes of at least 4 members (excludes halogenated alkanes) is 26. The van der Waals surface area contributed by atoms with Gasteiger partial charge in [0.15, 0.2) is 0 Å². The Morgan fingerprint density at radius 2 is 0.868 bits per heavy atom. The maximum Gasteiger partial charge on any atom is 0.222 e. The average Bonchev–Trinajstić information content (AvgIpc) is 3.15. The van der Waals surface area contributed by atoms with E-state index in [1.54, 1.807) is 6.08 Å². The van der Waals surface area contributed by atoms with Crippen LogP contribution in [0, 0.1) is 0 Å². The Morgan fingerprint density at radius 3 is 1.32 bits per heavy atom. The highest BCUT2D eigenvalue weighted by Crippen LogP contribution is 2.14. The van der Waals surface area contributed by atoms with Crippen LogP contribution in [0.25, 0.3) is 0 Å². The fraction of sp³-hybridized carbons (Fsp3) is 0.812. The smallest absolute Gasteiger partial charge is 0.222 e. The van der Waals surface area contributed by atoms with Gasteiger partial charge in [-0.25, -0.2) is 0 Å². The van der Waals surface area contributed by atoms with E-state index in [0.29, 0.717) is 6.42 Å². The minimum absolute atomic E-state index is 0.00467. The molecule has 3 unspecified atom stereocenters. The van der Waals surface area contributed by atoms with Crippen molar-refractivity contribution in [3.8, 4) is 0 Å². The van der Waals surface area contributed by atoms with Gasteiger partial charge in [0.2, 0.25) is 5.91 Å². The first-order chi connectivity index (χ1) is 26.0. The fourth-order valence-electron chi connectivity index (χ4n) is 6.80. The molecule has 1 amide bonds. The molecule has 0 aliphatic rings. The maximum atomic E-state index is 12.4. The van der Waals surface area contributed by atoms with Crippen molar-refractivity contribution >= 4 is 5.91 Å². The van der Waals surface area contributed by atoms with E-state index in [2.05, 4.69) is 55.6 Å². The van der Waals surface area contributed by atoms with Gasteiger partial charge < -0.3 is 20.6 Å². The molecule has 4 N–H and O–H groups in total. The molecule has 0 saturated heterocycles. The molecule has 0 spiro atoms. The summed E-state index contributed by atoms with van der Waals surface area (Å²) >= 11 is 0. The molecule has 0 aliphatic carbocycles. The Kier molecular flexibility index (Phi) is 41.7. The van der Waals surface area contributed by atoms with E-state index in [1.165, 1.54) is 148 Å². The molecule has 5 nitrogen and oxygen atoms in total. The molecular weight excluding hydrogens is 655 g/mol. The van der Waals surface area contributed by atoms with Crippen LogP contribution in [0.5, 0.6) is 0 Å². The number of allylic oxidation sites excluding steroid dienone is 7. The zero-order valence-electron chi connectivity index (χ0n) is 35.1. The Morgan fingerprint density at radius 1 is 0.491 bits per heavy atom. The van der Waals surface area contributed by atoms with Crippen LogP contribution >= 0.6 is 0 Å². The Balaban J connectivity index is 3.73. The molecule has 5 heteroatoms. The van der Waals surface area contributed by atoms with Crippen LogP contribution in [0.4, 0.5) is 0 Å². The Bertz CT molecular complexity index is 866. The first-order valence-electron chi connectivity index (χ1n) is 22.9. The predicted octanol–water partition coefficient (Wildman–Crippen LogP) is 13.3. The van der Waals surface area contributed by atoms with Gasteiger partial charge in [0, 0.05) is 0 Å². The number of rotatable bonds is 41. The number of carbonyl (C=O) groups is 1. The summed E-state index contributed by atoms with van der Waals surface area (Å²) in [5.74, 6) is -0.334. The van der Waals surface area contributed by atoms with E-state index in [4.69, 9.17) is 0 Å². The van der Waals surface area contributed by atoms with Crippen molar-refractivity contribution in [1.29, 1.82) is 0 Å². The first-order valence-corrected chi connectivity index (χ1v) is 22.9. The van der Waals surface area contributed by atoms with E-state index < -0.39 is 18.2 Å². The lowest BCUT2D eigenvalue weighted by Gasteiger charge is -2.20. The van der Waals surface area contributed by atoms with Crippen LogP contribution in [-0.4, -0.2) is 46.1 Å². The summed E-state index contributed by atoms with van der Waals surface area (Å²) in [6.07, 6.45) is 55.4. The summed E-state index contributed by atoms with van der Waals surface area (Å²) in [5, 5.41) is 33.2. The summed E-state index contributed by atoms with van der Waals surface area (Å²) in [6, 6.07) is -0.767. The van der Waals surface area contributed by atoms with Crippen molar-refractivity contribution in [1.82, 2.24) is 5.32 Å². The molecule has 0 aromatic carbocycles. The molecule has 0 rings (SSSR count). The second-order valence-electron chi connectivity index (χ2n) is 15.6. The summed E-state index contributed by atoms with van der Waals surface area (Å²) in [6.45, 7) is 4.20. The highest BCUT2D eigenvalue weighted by Gasteiger charge is 2.20. The minimum Gasteiger partial charge on any atom is -0.394 e. The second-order valence-corrected chi connectivity index (χ2v) is 15.6. The van der Waals surface area contributed by atoms with Crippen molar-refractivity contribution in [3.63, 3.8) is 0 Å². The van der Waals surface area contributed by atoms with Crippen LogP contribution in [0.1, 0.15) is 226 Å². The van der Waals surface area contributed by atoms with E-state index in [9.17, 15) is 20.1 Å². The largest absolute Gasteiger partial charge is 0.394 e. The number of hydrogen-bond donors (Lipinski definition) is 4. The zero-order valence-corrected chi connectivity index (χ0v) is 35.1. The molecular formula is C48H89NO4. The number of amides is 1. The predicted molar refractivity (Wildman–Crippen MR) is 231 cm³/mol. The standard InChI is InChI=1S/C48H89NO4/c1-3-5-7-9-11-13-15-17-19-21-22-23-24-26-27-29-31-33-35-37-39-41-45(51)43-48(53)49-46(44-50)47(52)42-40-38-36-34-32-30-28-25-20-18-16-14-12-10-8-6-4-2/h22-23,26-27,32,34,40,42,45-47,50-52H,3-21,24-25,28-31,33,35-39,41,43-44H2,1-2H3,(H,49,53)/b23-22-,27-26-,34-32+,42-40+. The number of hydrogen-bond acceptors (Lipinski definition) is 4. The highest BCUT2D eigenvalue weighted by atomic mass is 16.3. The summed E-state index contributed by atoms with van der Waals surface area (Å²) in [7, 11) is 0. The van der Waals surface area contributed by atoms with Gasteiger partial charge in [0.1, 0.15) is 0 Å². The van der Waals surface area contributed by atoms with E-state index in [0.717, 1.165) is 51.4 Å². The molecule has 0 radical (unpaired) electrons. The lowest BCUT2D eigenvalue weighted by atomic mass is 10.0. The monoisotopic (exact) mass is 744 g/mol. The van der Waals surface area contributed by atoms with Crippen LogP contribution in [0.2, 0.25) is 0 Å². The summed E-state index contributed by atoms with van der Waals surface area (Å²) < 4.78 is 0. The van der Waals surface area contributed by atoms with Gasteiger partial charge in [0.05, 0.1) is 31.3 Å². The van der Waals surface area contributed by atoms with Crippen molar-refractivity contribution < 1.29 is 20.1 Å². The number of aliphatic hydroxyl groups is 3. The van der Waals surface area contributed by atoms with Crippen LogP contribution in [-0.2, 0) is 4.79 Å². The first kappa shape index (κ1) is 51.3. The molecule has 310 valence electrons. The van der Waals surface area contributed by atoms with Gasteiger partial charge in [-0.3, -0.25) is 4.79 Å². The maximum absolute atomic E-state index is 12.4.